The molecule has 3 aliphatic carbocycles. The average Bonchev–Trinajstić information content (AvgIpc) is 3.60. The van der Waals surface area contributed by atoms with Crippen LogP contribution in [-0.2, 0) is 20.7 Å². The zero-order chi connectivity index (χ0) is 35.8. The van der Waals surface area contributed by atoms with Crippen LogP contribution in [0, 0.1) is 23.2 Å². The first-order valence-corrected chi connectivity index (χ1v) is 20.1. The molecule has 0 amide bonds. The molecule has 1 spiro atoms. The van der Waals surface area contributed by atoms with Crippen LogP contribution in [0.4, 0.5) is 0 Å². The molecule has 1 aromatic carbocycles. The molecule has 1 aromatic heterocycles. The highest BCUT2D eigenvalue weighted by Crippen LogP contribution is 2.72. The first-order chi connectivity index (χ1) is 24.6. The summed E-state index contributed by atoms with van der Waals surface area (Å²) in [5, 5.41) is 76.6. The molecular weight excluding hydrogens is 703 g/mol. The Morgan fingerprint density at radius 1 is 1.08 bits per heavy atom. The van der Waals surface area contributed by atoms with Gasteiger partial charge in [-0.2, -0.15) is 0 Å². The van der Waals surface area contributed by atoms with E-state index in [4.69, 9.17) is 23.4 Å². The lowest BCUT2D eigenvalue weighted by Crippen LogP contribution is -2.93. The lowest BCUT2D eigenvalue weighted by atomic mass is 9.38. The summed E-state index contributed by atoms with van der Waals surface area (Å²) in [7, 11) is 2.90. The van der Waals surface area contributed by atoms with E-state index in [0.29, 0.717) is 41.8 Å². The highest BCUT2D eigenvalue weighted by Gasteiger charge is 2.87. The Balaban J connectivity index is 1.39. The van der Waals surface area contributed by atoms with E-state index in [1.54, 1.807) is 37.3 Å². The second kappa shape index (κ2) is 12.9. The molecule has 0 unspecified atom stereocenters. The monoisotopic (exact) mass is 747 g/mol. The molecular formula is C36H45NO12S2. The van der Waals surface area contributed by atoms with Crippen LogP contribution in [0.2, 0.25) is 0 Å². The highest BCUT2D eigenvalue weighted by atomic mass is 33.1. The molecule has 13 nitrogen and oxygen atoms in total. The van der Waals surface area contributed by atoms with E-state index < -0.39 is 82.4 Å². The van der Waals surface area contributed by atoms with Crippen LogP contribution in [0.1, 0.15) is 31.7 Å². The van der Waals surface area contributed by atoms with Crippen molar-refractivity contribution in [3.8, 4) is 11.5 Å². The van der Waals surface area contributed by atoms with E-state index >= 15 is 0 Å². The van der Waals surface area contributed by atoms with Crippen molar-refractivity contribution in [1.82, 2.24) is 5.32 Å². The topological polar surface area (TPSA) is 201 Å². The van der Waals surface area contributed by atoms with Crippen molar-refractivity contribution in [1.29, 1.82) is 0 Å². The number of esters is 1. The van der Waals surface area contributed by atoms with E-state index in [1.807, 2.05) is 0 Å². The fourth-order valence-corrected chi connectivity index (χ4v) is 12.7. The second-order valence-electron chi connectivity index (χ2n) is 14.5. The van der Waals surface area contributed by atoms with Gasteiger partial charge in [-0.1, -0.05) is 39.8 Å². The maximum Gasteiger partial charge on any atom is 0.306 e. The van der Waals surface area contributed by atoms with Gasteiger partial charge in [-0.15, -0.1) is 0 Å². The molecule has 51 heavy (non-hydrogen) atoms. The van der Waals surface area contributed by atoms with Crippen molar-refractivity contribution in [2.24, 2.45) is 23.2 Å². The first-order valence-electron chi connectivity index (χ1n) is 17.7. The molecule has 1 saturated heterocycles. The van der Waals surface area contributed by atoms with Crippen LogP contribution in [0.3, 0.4) is 0 Å². The number of ether oxygens (including phenoxy) is 4. The highest BCUT2D eigenvalue weighted by molar-refractivity contribution is 8.77. The van der Waals surface area contributed by atoms with Gasteiger partial charge in [-0.25, -0.2) is 0 Å². The van der Waals surface area contributed by atoms with Gasteiger partial charge in [0.15, 0.2) is 16.9 Å². The lowest BCUT2D eigenvalue weighted by molar-refractivity contribution is -0.467. The van der Waals surface area contributed by atoms with Crippen molar-refractivity contribution >= 4 is 38.5 Å². The minimum absolute atomic E-state index is 0.0155. The zero-order valence-corrected chi connectivity index (χ0v) is 29.9. The van der Waals surface area contributed by atoms with Gasteiger partial charge in [0.05, 0.1) is 37.4 Å². The normalized spacial score (nSPS) is 42.6. The van der Waals surface area contributed by atoms with E-state index in [2.05, 4.69) is 5.32 Å². The van der Waals surface area contributed by atoms with Crippen LogP contribution >= 0.6 is 21.6 Å². The van der Waals surface area contributed by atoms with Gasteiger partial charge >= 0.3 is 5.97 Å². The minimum Gasteiger partial charge on any atom is -0.485 e. The number of carbonyl (C=O) groups excluding carboxylic acids is 1. The van der Waals surface area contributed by atoms with E-state index in [9.17, 15) is 35.4 Å². The first kappa shape index (κ1) is 35.7. The predicted molar refractivity (Wildman–Crippen MR) is 187 cm³/mol. The van der Waals surface area contributed by atoms with Crippen molar-refractivity contribution < 1.29 is 58.8 Å². The number of hydrogen-bond acceptors (Lipinski definition) is 15. The maximum absolute atomic E-state index is 13.5. The minimum atomic E-state index is -2.51. The van der Waals surface area contributed by atoms with Crippen molar-refractivity contribution in [2.75, 3.05) is 45.3 Å². The van der Waals surface area contributed by atoms with Gasteiger partial charge in [0.2, 0.25) is 5.75 Å². The molecule has 6 aliphatic rings. The smallest absolute Gasteiger partial charge is 0.306 e. The van der Waals surface area contributed by atoms with E-state index in [0.717, 1.165) is 0 Å². The number of aliphatic hydroxyl groups is 6. The third kappa shape index (κ3) is 4.76. The number of fused-ring (bicyclic) bond motifs is 10. The Bertz CT molecular complexity index is 1740. The number of carbonyl (C=O) groups is 1. The average molecular weight is 748 g/mol. The molecule has 15 heteroatoms. The van der Waals surface area contributed by atoms with Crippen LogP contribution in [0.5, 0.6) is 11.5 Å². The summed E-state index contributed by atoms with van der Waals surface area (Å²) in [6.07, 6.45) is 5.81. The number of aliphatic hydroxyl groups excluding tert-OH is 4. The molecule has 4 heterocycles. The Hall–Kier alpha value is -2.31. The number of rotatable bonds is 6. The molecule has 11 atom stereocenters. The SMILES string of the molecule is CCOC(=O)CCc1cc2ccoc2c2c1O[C@]13C=C[C@@H](SSCCNCCO2)[C@](CO)(O1)[C@@]1(O)[C@@H]2C=C[C@@]4(CO)[C@H](O)CC[C@H]2[C@@H]4[C@@]3(O)[C@H]1O. The third-order valence-corrected chi connectivity index (χ3v) is 15.0. The van der Waals surface area contributed by atoms with Gasteiger partial charge in [-0.05, 0) is 55.9 Å². The van der Waals surface area contributed by atoms with Crippen LogP contribution in [0.15, 0.2) is 47.1 Å². The molecule has 2 aromatic rings. The van der Waals surface area contributed by atoms with Gasteiger partial charge in [0.25, 0.3) is 5.79 Å². The van der Waals surface area contributed by atoms with Gasteiger partial charge in [-0.3, -0.25) is 4.79 Å². The molecule has 0 radical (unpaired) electrons. The summed E-state index contributed by atoms with van der Waals surface area (Å²) in [5.41, 5.74) is -7.26. The number of nitrogens with one attached hydrogen (secondary N) is 1. The largest absolute Gasteiger partial charge is 0.485 e. The quantitative estimate of drug-likeness (QED) is 0.127. The zero-order valence-electron chi connectivity index (χ0n) is 28.2. The summed E-state index contributed by atoms with van der Waals surface area (Å²) in [4.78, 5) is 12.6. The Labute approximate surface area is 302 Å². The van der Waals surface area contributed by atoms with Gasteiger partial charge < -0.3 is 59.3 Å². The fraction of sp³-hybridized carbons (Fsp3) is 0.639. The summed E-state index contributed by atoms with van der Waals surface area (Å²) in [5.74, 6) is -4.29. The lowest BCUT2D eigenvalue weighted by Gasteiger charge is -2.76. The summed E-state index contributed by atoms with van der Waals surface area (Å²) in [6, 6.07) is 3.55. The standard InChI is InChI=1S/C36H45NO12S2/c1-2-45-26(41)6-3-20-17-21-9-14-46-27(21)29-28(20)48-34-11-8-25(51-50-16-13-37-12-15-47-29)33(19-39,49-34)35(43)23-7-10-32(18-38)24(40)5-4-22(23)30(32)36(34,44)31(35)42/h7-11,14,17,22-25,30-31,37-40,42-44H,2-6,12-13,15-16,18-19H2,1H3/t22-,23-,24-,25-,30+,31+,32-,33+,34-,35-,36-/m1/s1. The van der Waals surface area contributed by atoms with E-state index in [1.165, 1.54) is 33.9 Å². The molecule has 7 N–H and O–H groups in total. The third-order valence-electron chi connectivity index (χ3n) is 12.3. The molecule has 278 valence electrons. The van der Waals surface area contributed by atoms with Gasteiger partial charge in [0, 0.05) is 47.9 Å². The molecule has 8 rings (SSSR count). The fourth-order valence-electron chi connectivity index (χ4n) is 10.0. The van der Waals surface area contributed by atoms with Crippen LogP contribution in [-0.4, -0.2) is 122 Å². The number of aryl methyl sites for hydroxylation is 1. The van der Waals surface area contributed by atoms with Crippen molar-refractivity contribution in [3.05, 3.63) is 48.3 Å². The van der Waals surface area contributed by atoms with Crippen molar-refractivity contribution in [2.45, 2.75) is 72.7 Å². The Morgan fingerprint density at radius 2 is 1.92 bits per heavy atom. The van der Waals surface area contributed by atoms with Gasteiger partial charge in [0.1, 0.15) is 23.9 Å². The Morgan fingerprint density at radius 3 is 2.71 bits per heavy atom. The number of hydrogen-bond donors (Lipinski definition) is 7. The maximum atomic E-state index is 13.5. The number of benzene rings is 1. The van der Waals surface area contributed by atoms with Crippen molar-refractivity contribution in [3.63, 3.8) is 0 Å². The van der Waals surface area contributed by atoms with Crippen LogP contribution < -0.4 is 14.8 Å². The molecule has 9 bridgehead atoms. The Kier molecular flexibility index (Phi) is 9.05. The molecule has 3 aliphatic heterocycles. The van der Waals surface area contributed by atoms with E-state index in [-0.39, 0.29) is 44.0 Å². The summed E-state index contributed by atoms with van der Waals surface area (Å²) < 4.78 is 31.5. The predicted octanol–water partition coefficient (Wildman–Crippen LogP) is 1.46. The molecule has 3 fully saturated rings. The summed E-state index contributed by atoms with van der Waals surface area (Å²) in [6.45, 7) is 1.92. The summed E-state index contributed by atoms with van der Waals surface area (Å²) >= 11 is 0. The number of furan rings is 1. The second-order valence-corrected chi connectivity index (χ2v) is 17.1. The van der Waals surface area contributed by atoms with Crippen LogP contribution in [0.25, 0.3) is 11.0 Å². The molecule has 2 saturated carbocycles.